The van der Waals surface area contributed by atoms with Crippen molar-refractivity contribution in [3.8, 4) is 17.0 Å². The van der Waals surface area contributed by atoms with Crippen LogP contribution >= 0.6 is 0 Å². The Morgan fingerprint density at radius 1 is 1.22 bits per heavy atom. The van der Waals surface area contributed by atoms with Crippen molar-refractivity contribution < 1.29 is 9.53 Å². The van der Waals surface area contributed by atoms with Crippen LogP contribution in [0.25, 0.3) is 11.3 Å². The van der Waals surface area contributed by atoms with Crippen molar-refractivity contribution in [3.63, 3.8) is 0 Å². The lowest BCUT2D eigenvalue weighted by Gasteiger charge is -2.13. The van der Waals surface area contributed by atoms with E-state index >= 15 is 0 Å². The number of hydrogen-bond donors (Lipinski definition) is 1. The first-order valence-corrected chi connectivity index (χ1v) is 8.14. The van der Waals surface area contributed by atoms with Crippen LogP contribution in [0.5, 0.6) is 5.75 Å². The third-order valence-electron chi connectivity index (χ3n) is 4.43. The van der Waals surface area contributed by atoms with Crippen LogP contribution in [0.2, 0.25) is 0 Å². The van der Waals surface area contributed by atoms with Crippen LogP contribution < -0.4 is 10.1 Å². The van der Waals surface area contributed by atoms with E-state index in [0.29, 0.717) is 6.54 Å². The van der Waals surface area contributed by atoms with Crippen molar-refractivity contribution in [1.82, 2.24) is 10.3 Å². The summed E-state index contributed by atoms with van der Waals surface area (Å²) in [5.41, 5.74) is 2.96. The molecular formula is C19H22N2O2. The monoisotopic (exact) mass is 310 g/mol. The van der Waals surface area contributed by atoms with Gasteiger partial charge >= 0.3 is 0 Å². The molecule has 0 saturated heterocycles. The maximum atomic E-state index is 12.2. The van der Waals surface area contributed by atoms with Crippen LogP contribution in [0, 0.1) is 5.92 Å². The highest BCUT2D eigenvalue weighted by Crippen LogP contribution is 2.26. The summed E-state index contributed by atoms with van der Waals surface area (Å²) in [5.74, 6) is 1.18. The predicted octanol–water partition coefficient (Wildman–Crippen LogP) is 3.56. The first-order valence-electron chi connectivity index (χ1n) is 8.14. The second-order valence-electron chi connectivity index (χ2n) is 5.94. The molecule has 3 rings (SSSR count). The van der Waals surface area contributed by atoms with Gasteiger partial charge in [-0.3, -0.25) is 9.78 Å². The zero-order valence-electron chi connectivity index (χ0n) is 13.4. The molecule has 4 heteroatoms. The van der Waals surface area contributed by atoms with E-state index in [1.165, 1.54) is 12.8 Å². The molecule has 4 nitrogen and oxygen atoms in total. The third kappa shape index (κ3) is 3.70. The number of methoxy groups -OCH3 is 1. The maximum Gasteiger partial charge on any atom is 0.223 e. The highest BCUT2D eigenvalue weighted by atomic mass is 16.5. The van der Waals surface area contributed by atoms with Crippen LogP contribution in [0.3, 0.4) is 0 Å². The number of carbonyl (C=O) groups is 1. The summed E-state index contributed by atoms with van der Waals surface area (Å²) >= 11 is 0. The van der Waals surface area contributed by atoms with Gasteiger partial charge in [0.15, 0.2) is 0 Å². The molecule has 1 heterocycles. The van der Waals surface area contributed by atoms with Crippen LogP contribution in [-0.2, 0) is 11.3 Å². The first kappa shape index (κ1) is 15.5. The van der Waals surface area contributed by atoms with Gasteiger partial charge in [0.2, 0.25) is 5.91 Å². The summed E-state index contributed by atoms with van der Waals surface area (Å²) < 4.78 is 5.19. The number of rotatable bonds is 5. The van der Waals surface area contributed by atoms with E-state index in [9.17, 15) is 4.79 Å². The zero-order chi connectivity index (χ0) is 16.1. The number of ether oxygens (including phenoxy) is 1. The van der Waals surface area contributed by atoms with Gasteiger partial charge in [-0.2, -0.15) is 0 Å². The standard InChI is InChI=1S/C19H22N2O2/c1-23-17-10-8-14(9-11-17)18-16(7-4-12-20-18)13-21-19(22)15-5-2-3-6-15/h4,7-12,15H,2-3,5-6,13H2,1H3,(H,21,22). The Kier molecular flexibility index (Phi) is 4.91. The summed E-state index contributed by atoms with van der Waals surface area (Å²) in [6, 6.07) is 11.7. The fourth-order valence-corrected chi connectivity index (χ4v) is 3.10. The molecule has 0 unspecified atom stereocenters. The average Bonchev–Trinajstić information content (AvgIpc) is 3.15. The topological polar surface area (TPSA) is 51.2 Å². The lowest BCUT2D eigenvalue weighted by molar-refractivity contribution is -0.124. The normalized spacial score (nSPS) is 14.7. The molecule has 1 aliphatic carbocycles. The van der Waals surface area contributed by atoms with E-state index < -0.39 is 0 Å². The fourth-order valence-electron chi connectivity index (χ4n) is 3.10. The molecule has 2 aromatic rings. The number of nitrogens with zero attached hydrogens (tertiary/aromatic N) is 1. The van der Waals surface area contributed by atoms with Crippen molar-refractivity contribution in [2.75, 3.05) is 7.11 Å². The minimum absolute atomic E-state index is 0.173. The van der Waals surface area contributed by atoms with Crippen molar-refractivity contribution in [1.29, 1.82) is 0 Å². The van der Waals surface area contributed by atoms with E-state index in [1.807, 2.05) is 36.4 Å². The molecule has 1 amide bonds. The number of benzene rings is 1. The van der Waals surface area contributed by atoms with Gasteiger partial charge in [-0.05, 0) is 48.7 Å². The van der Waals surface area contributed by atoms with Crippen LogP contribution in [0.4, 0.5) is 0 Å². The summed E-state index contributed by atoms with van der Waals surface area (Å²) in [6.07, 6.45) is 6.15. The Labute approximate surface area is 136 Å². The van der Waals surface area contributed by atoms with Crippen molar-refractivity contribution in [3.05, 3.63) is 48.2 Å². The Morgan fingerprint density at radius 3 is 2.65 bits per heavy atom. The first-order chi connectivity index (χ1) is 11.3. The molecule has 1 N–H and O–H groups in total. The van der Waals surface area contributed by atoms with Gasteiger partial charge < -0.3 is 10.1 Å². The minimum atomic E-state index is 0.173. The number of amides is 1. The van der Waals surface area contributed by atoms with E-state index in [0.717, 1.165) is 35.4 Å². The van der Waals surface area contributed by atoms with E-state index in [-0.39, 0.29) is 11.8 Å². The number of nitrogens with one attached hydrogen (secondary N) is 1. The van der Waals surface area contributed by atoms with E-state index in [2.05, 4.69) is 10.3 Å². The molecule has 120 valence electrons. The van der Waals surface area contributed by atoms with Gasteiger partial charge in [-0.25, -0.2) is 0 Å². The molecule has 0 atom stereocenters. The molecular weight excluding hydrogens is 288 g/mol. The van der Waals surface area contributed by atoms with Crippen molar-refractivity contribution in [2.24, 2.45) is 5.92 Å². The molecule has 0 radical (unpaired) electrons. The third-order valence-corrected chi connectivity index (χ3v) is 4.43. The minimum Gasteiger partial charge on any atom is -0.497 e. The van der Waals surface area contributed by atoms with Gasteiger partial charge in [0.05, 0.1) is 12.8 Å². The molecule has 1 aliphatic rings. The second-order valence-corrected chi connectivity index (χ2v) is 5.94. The second kappa shape index (κ2) is 7.27. The number of carbonyl (C=O) groups excluding carboxylic acids is 1. The SMILES string of the molecule is COc1ccc(-c2ncccc2CNC(=O)C2CCCC2)cc1. The lowest BCUT2D eigenvalue weighted by atomic mass is 10.0. The largest absolute Gasteiger partial charge is 0.497 e. The van der Waals surface area contributed by atoms with Gasteiger partial charge in [0.1, 0.15) is 5.75 Å². The van der Waals surface area contributed by atoms with Crippen LogP contribution in [-0.4, -0.2) is 18.0 Å². The summed E-state index contributed by atoms with van der Waals surface area (Å²) in [5, 5.41) is 3.07. The highest BCUT2D eigenvalue weighted by molar-refractivity contribution is 5.79. The summed E-state index contributed by atoms with van der Waals surface area (Å²) in [7, 11) is 1.65. The van der Waals surface area contributed by atoms with E-state index in [4.69, 9.17) is 4.74 Å². The van der Waals surface area contributed by atoms with Crippen LogP contribution in [0.1, 0.15) is 31.2 Å². The van der Waals surface area contributed by atoms with Crippen molar-refractivity contribution >= 4 is 5.91 Å². The molecule has 1 aromatic heterocycles. The van der Waals surface area contributed by atoms with Gasteiger partial charge in [-0.1, -0.05) is 18.9 Å². The number of hydrogen-bond acceptors (Lipinski definition) is 3. The van der Waals surface area contributed by atoms with E-state index in [1.54, 1.807) is 13.3 Å². The van der Waals surface area contributed by atoms with Gasteiger partial charge in [0.25, 0.3) is 0 Å². The Hall–Kier alpha value is -2.36. The number of aromatic nitrogens is 1. The number of pyridine rings is 1. The average molecular weight is 310 g/mol. The summed E-state index contributed by atoms with van der Waals surface area (Å²) in [4.78, 5) is 16.7. The van der Waals surface area contributed by atoms with Gasteiger partial charge in [0, 0.05) is 24.2 Å². The quantitative estimate of drug-likeness (QED) is 0.918. The molecule has 0 aliphatic heterocycles. The molecule has 1 saturated carbocycles. The Balaban J connectivity index is 1.73. The van der Waals surface area contributed by atoms with Crippen LogP contribution in [0.15, 0.2) is 42.6 Å². The molecule has 23 heavy (non-hydrogen) atoms. The molecule has 1 fully saturated rings. The van der Waals surface area contributed by atoms with Crippen molar-refractivity contribution in [2.45, 2.75) is 32.2 Å². The predicted molar refractivity (Wildman–Crippen MR) is 90.0 cm³/mol. The zero-order valence-corrected chi connectivity index (χ0v) is 13.4. The molecule has 1 aromatic carbocycles. The molecule has 0 bridgehead atoms. The van der Waals surface area contributed by atoms with Gasteiger partial charge in [-0.15, -0.1) is 0 Å². The fraction of sp³-hybridized carbons (Fsp3) is 0.368. The Bertz CT molecular complexity index is 661. The highest BCUT2D eigenvalue weighted by Gasteiger charge is 2.22. The maximum absolute atomic E-state index is 12.2. The lowest BCUT2D eigenvalue weighted by Crippen LogP contribution is -2.29. The molecule has 0 spiro atoms. The Morgan fingerprint density at radius 2 is 1.96 bits per heavy atom. The summed E-state index contributed by atoms with van der Waals surface area (Å²) in [6.45, 7) is 0.518. The smallest absolute Gasteiger partial charge is 0.223 e.